The van der Waals surface area contributed by atoms with Gasteiger partial charge in [-0.1, -0.05) is 0 Å². The van der Waals surface area contributed by atoms with E-state index in [2.05, 4.69) is 9.05 Å². The zero-order valence-corrected chi connectivity index (χ0v) is 11.1. The van der Waals surface area contributed by atoms with E-state index in [1.807, 2.05) is 0 Å². The first-order valence-electron chi connectivity index (χ1n) is 3.51. The van der Waals surface area contributed by atoms with E-state index in [9.17, 15) is 9.46 Å². The Balaban J connectivity index is 0. The van der Waals surface area contributed by atoms with E-state index in [1.165, 1.54) is 0 Å². The molecule has 0 spiro atoms. The summed E-state index contributed by atoms with van der Waals surface area (Å²) in [6, 6.07) is 0. The van der Waals surface area contributed by atoms with E-state index in [0.29, 0.717) is 0 Å². The third-order valence-corrected chi connectivity index (χ3v) is 2.04. The SMILES string of the molecule is CC(C)OP(=O)([O-])OC(C)C.[Na+]. The van der Waals surface area contributed by atoms with Gasteiger partial charge in [0.15, 0.2) is 0 Å². The van der Waals surface area contributed by atoms with Crippen molar-refractivity contribution in [2.24, 2.45) is 0 Å². The predicted octanol–water partition coefficient (Wildman–Crippen LogP) is -1.69. The van der Waals surface area contributed by atoms with Crippen LogP contribution in [0, 0.1) is 0 Å². The largest absolute Gasteiger partial charge is 1.00 e. The molecule has 0 atom stereocenters. The molecule has 0 heterocycles. The molecule has 0 N–H and O–H groups in total. The number of phosphoric ester groups is 1. The van der Waals surface area contributed by atoms with Crippen LogP contribution in [-0.4, -0.2) is 12.2 Å². The van der Waals surface area contributed by atoms with E-state index < -0.39 is 7.82 Å². The number of hydrogen-bond donors (Lipinski definition) is 0. The van der Waals surface area contributed by atoms with Gasteiger partial charge in [0.2, 0.25) is 0 Å². The molecule has 0 rings (SSSR count). The van der Waals surface area contributed by atoms with Crippen LogP contribution in [-0.2, 0) is 13.6 Å². The molecule has 0 aliphatic heterocycles. The molecular weight excluding hydrogens is 190 g/mol. The van der Waals surface area contributed by atoms with Gasteiger partial charge in [0, 0.05) is 0 Å². The molecule has 4 nitrogen and oxygen atoms in total. The molecule has 0 bridgehead atoms. The minimum absolute atomic E-state index is 0. The fourth-order valence-electron chi connectivity index (χ4n) is 0.541. The maximum Gasteiger partial charge on any atom is 1.00 e. The van der Waals surface area contributed by atoms with Crippen molar-refractivity contribution in [3.8, 4) is 0 Å². The second-order valence-electron chi connectivity index (χ2n) is 2.76. The van der Waals surface area contributed by atoms with Gasteiger partial charge in [-0.05, 0) is 27.7 Å². The summed E-state index contributed by atoms with van der Waals surface area (Å²) in [5.74, 6) is 0. The molecule has 68 valence electrons. The van der Waals surface area contributed by atoms with Gasteiger partial charge in [-0.25, -0.2) is 0 Å². The first-order valence-corrected chi connectivity index (χ1v) is 4.97. The van der Waals surface area contributed by atoms with Gasteiger partial charge in [0.25, 0.3) is 7.82 Å². The normalized spacial score (nSPS) is 11.9. The van der Waals surface area contributed by atoms with Gasteiger partial charge in [-0.3, -0.25) is 4.57 Å². The van der Waals surface area contributed by atoms with Crippen LogP contribution < -0.4 is 34.5 Å². The average Bonchev–Trinajstić information content (AvgIpc) is 1.53. The Bertz CT molecular complexity index is 146. The van der Waals surface area contributed by atoms with Crippen molar-refractivity contribution in [2.45, 2.75) is 39.9 Å². The Morgan fingerprint density at radius 2 is 1.33 bits per heavy atom. The number of phosphoric acid groups is 1. The molecule has 0 radical (unpaired) electrons. The fourth-order valence-corrected chi connectivity index (χ4v) is 1.62. The molecule has 0 aliphatic rings. The van der Waals surface area contributed by atoms with Crippen LogP contribution in [0.4, 0.5) is 0 Å². The zero-order valence-electron chi connectivity index (χ0n) is 8.23. The van der Waals surface area contributed by atoms with Gasteiger partial charge < -0.3 is 13.9 Å². The second kappa shape index (κ2) is 6.55. The van der Waals surface area contributed by atoms with Crippen LogP contribution >= 0.6 is 7.82 Å². The molecule has 0 aromatic rings. The Labute approximate surface area is 95.5 Å². The molecule has 0 fully saturated rings. The molecule has 12 heavy (non-hydrogen) atoms. The van der Waals surface area contributed by atoms with Crippen LogP contribution in [0.15, 0.2) is 0 Å². The van der Waals surface area contributed by atoms with Crippen molar-refractivity contribution >= 4 is 7.82 Å². The van der Waals surface area contributed by atoms with E-state index in [-0.39, 0.29) is 41.8 Å². The van der Waals surface area contributed by atoms with Crippen LogP contribution in [0.3, 0.4) is 0 Å². The summed E-state index contributed by atoms with van der Waals surface area (Å²) in [6.45, 7) is 6.53. The van der Waals surface area contributed by atoms with Crippen LogP contribution in [0.1, 0.15) is 27.7 Å². The van der Waals surface area contributed by atoms with E-state index in [4.69, 9.17) is 0 Å². The Morgan fingerprint density at radius 3 is 1.50 bits per heavy atom. The van der Waals surface area contributed by atoms with E-state index in [0.717, 1.165) is 0 Å². The molecule has 0 aromatic carbocycles. The first kappa shape index (κ1) is 15.6. The van der Waals surface area contributed by atoms with Crippen molar-refractivity contribution < 1.29 is 48.1 Å². The molecule has 0 unspecified atom stereocenters. The van der Waals surface area contributed by atoms with Gasteiger partial charge in [-0.2, -0.15) is 0 Å². The monoisotopic (exact) mass is 204 g/mol. The molecular formula is C6H14NaO4P. The third kappa shape index (κ3) is 9.20. The van der Waals surface area contributed by atoms with Crippen molar-refractivity contribution in [2.75, 3.05) is 0 Å². The smallest absolute Gasteiger partial charge is 0.756 e. The van der Waals surface area contributed by atoms with Gasteiger partial charge in [-0.15, -0.1) is 0 Å². The van der Waals surface area contributed by atoms with Gasteiger partial charge >= 0.3 is 29.6 Å². The minimum atomic E-state index is -4.05. The topological polar surface area (TPSA) is 58.6 Å². The van der Waals surface area contributed by atoms with E-state index in [1.54, 1.807) is 27.7 Å². The standard InChI is InChI=1S/C6H15O4P.Na/c1-5(2)9-11(7,8)10-6(3)4;/h5-6H,1-4H3,(H,7,8);/q;+1/p-1. The van der Waals surface area contributed by atoms with Gasteiger partial charge in [0.1, 0.15) is 0 Å². The van der Waals surface area contributed by atoms with Crippen LogP contribution in [0.2, 0.25) is 0 Å². The Morgan fingerprint density at radius 1 is 1.08 bits per heavy atom. The summed E-state index contributed by atoms with van der Waals surface area (Å²) in [4.78, 5) is 10.8. The molecule has 6 heteroatoms. The molecule has 0 aromatic heterocycles. The maximum absolute atomic E-state index is 10.8. The summed E-state index contributed by atoms with van der Waals surface area (Å²) in [5, 5.41) is 0. The Hall–Kier alpha value is 1.11. The first-order chi connectivity index (χ1) is 4.83. The van der Waals surface area contributed by atoms with Crippen molar-refractivity contribution in [1.29, 1.82) is 0 Å². The van der Waals surface area contributed by atoms with Crippen molar-refractivity contribution in [3.63, 3.8) is 0 Å². The quantitative estimate of drug-likeness (QED) is 0.405. The van der Waals surface area contributed by atoms with Gasteiger partial charge in [0.05, 0.1) is 12.2 Å². The summed E-state index contributed by atoms with van der Waals surface area (Å²) in [6.07, 6.45) is -0.728. The van der Waals surface area contributed by atoms with Crippen molar-refractivity contribution in [3.05, 3.63) is 0 Å². The van der Waals surface area contributed by atoms with Crippen LogP contribution in [0.5, 0.6) is 0 Å². The van der Waals surface area contributed by atoms with E-state index >= 15 is 0 Å². The van der Waals surface area contributed by atoms with Crippen LogP contribution in [0.25, 0.3) is 0 Å². The summed E-state index contributed by atoms with van der Waals surface area (Å²) in [7, 11) is -4.05. The number of rotatable bonds is 4. The second-order valence-corrected chi connectivity index (χ2v) is 4.07. The average molecular weight is 204 g/mol. The fraction of sp³-hybridized carbons (Fsp3) is 1.00. The minimum Gasteiger partial charge on any atom is -0.756 e. The summed E-state index contributed by atoms with van der Waals surface area (Å²) in [5.41, 5.74) is 0. The summed E-state index contributed by atoms with van der Waals surface area (Å²) < 4.78 is 19.9. The summed E-state index contributed by atoms with van der Waals surface area (Å²) >= 11 is 0. The molecule has 0 saturated carbocycles. The van der Waals surface area contributed by atoms with Crippen molar-refractivity contribution in [1.82, 2.24) is 0 Å². The maximum atomic E-state index is 10.8. The molecule has 0 aliphatic carbocycles. The zero-order chi connectivity index (χ0) is 9.07. The molecule has 0 saturated heterocycles. The third-order valence-electron chi connectivity index (χ3n) is 0.680. The predicted molar refractivity (Wildman–Crippen MR) is 40.0 cm³/mol. The number of hydrogen-bond acceptors (Lipinski definition) is 4. The molecule has 0 amide bonds. The Kier molecular flexibility index (Phi) is 8.50.